The Morgan fingerprint density at radius 1 is 1.07 bits per heavy atom. The summed E-state index contributed by atoms with van der Waals surface area (Å²) in [7, 11) is 0. The van der Waals surface area contributed by atoms with E-state index < -0.39 is 11.1 Å². The summed E-state index contributed by atoms with van der Waals surface area (Å²) in [6, 6.07) is 19.1. The van der Waals surface area contributed by atoms with Gasteiger partial charge in [-0.25, -0.2) is 0 Å². The maximum absolute atomic E-state index is 11.0. The van der Waals surface area contributed by atoms with E-state index in [0.29, 0.717) is 5.76 Å². The Morgan fingerprint density at radius 2 is 1.86 bits per heavy atom. The third kappa shape index (κ3) is 3.67. The van der Waals surface area contributed by atoms with Gasteiger partial charge in [0.15, 0.2) is 0 Å². The normalized spacial score (nSPS) is 16.8. The summed E-state index contributed by atoms with van der Waals surface area (Å²) in [5, 5.41) is 1.75. The molecule has 0 saturated carbocycles. The molecule has 0 N–H and O–H groups in total. The minimum Gasteiger partial charge on any atom is -0.772 e. The first-order valence-corrected chi connectivity index (χ1v) is 10.4. The molecule has 28 heavy (non-hydrogen) atoms. The number of ether oxygens (including phenoxy) is 1. The van der Waals surface area contributed by atoms with Crippen molar-refractivity contribution in [1.82, 2.24) is 4.98 Å². The molecule has 6 heteroatoms. The van der Waals surface area contributed by atoms with Crippen molar-refractivity contribution < 1.29 is 13.5 Å². The second-order valence-electron chi connectivity index (χ2n) is 6.38. The molecule has 0 aliphatic carbocycles. The first kappa shape index (κ1) is 18.7. The zero-order valence-electron chi connectivity index (χ0n) is 14.8. The molecule has 2 atom stereocenters. The Balaban J connectivity index is 1.88. The van der Waals surface area contributed by atoms with Crippen molar-refractivity contribution in [1.29, 1.82) is 0 Å². The second kappa shape index (κ2) is 8.14. The van der Waals surface area contributed by atoms with Gasteiger partial charge in [0.05, 0.1) is 0 Å². The Bertz CT molecular complexity index is 1060. The van der Waals surface area contributed by atoms with Crippen LogP contribution in [0, 0.1) is 0 Å². The largest absolute Gasteiger partial charge is 0.772 e. The molecule has 1 aromatic heterocycles. The highest BCUT2D eigenvalue weighted by Gasteiger charge is 2.30. The molecule has 140 valence electrons. The quantitative estimate of drug-likeness (QED) is 0.461. The lowest BCUT2D eigenvalue weighted by Crippen LogP contribution is -2.15. The van der Waals surface area contributed by atoms with E-state index in [9.17, 15) is 8.76 Å². The molecule has 2 unspecified atom stereocenters. The third-order valence-electron chi connectivity index (χ3n) is 4.63. The van der Waals surface area contributed by atoms with E-state index >= 15 is 0 Å². The number of allylic oxidation sites excluding steroid dienone is 1. The molecule has 4 nitrogen and oxygen atoms in total. The number of rotatable bonds is 5. The van der Waals surface area contributed by atoms with Crippen LogP contribution in [-0.2, 0) is 16.8 Å². The van der Waals surface area contributed by atoms with Crippen LogP contribution in [0.3, 0.4) is 0 Å². The maximum atomic E-state index is 11.0. The van der Waals surface area contributed by atoms with E-state index in [2.05, 4.69) is 4.98 Å². The third-order valence-corrected chi connectivity index (χ3v) is 5.47. The number of para-hydroxylation sites is 1. The van der Waals surface area contributed by atoms with Gasteiger partial charge >= 0.3 is 0 Å². The minimum atomic E-state index is -2.12. The number of thiocarbonyl (C=S) groups is 1. The summed E-state index contributed by atoms with van der Waals surface area (Å²) in [5.74, 6) is 1.34. The van der Waals surface area contributed by atoms with Gasteiger partial charge < -0.3 is 9.29 Å². The Kier molecular flexibility index (Phi) is 5.43. The van der Waals surface area contributed by atoms with Crippen LogP contribution in [0.25, 0.3) is 11.3 Å². The van der Waals surface area contributed by atoms with Crippen LogP contribution in [0.1, 0.15) is 28.2 Å². The molecule has 2 aromatic carbocycles. The lowest BCUT2D eigenvalue weighted by atomic mass is 9.84. The zero-order chi connectivity index (χ0) is 19.5. The van der Waals surface area contributed by atoms with Crippen LogP contribution < -0.4 is 4.74 Å². The molecule has 0 bridgehead atoms. The van der Waals surface area contributed by atoms with Gasteiger partial charge in [0, 0.05) is 46.3 Å². The molecule has 0 radical (unpaired) electrons. The van der Waals surface area contributed by atoms with Gasteiger partial charge in [-0.2, -0.15) is 0 Å². The number of hydrogen-bond acceptors (Lipinski definition) is 5. The first-order chi connectivity index (χ1) is 13.7. The number of benzene rings is 2. The maximum Gasteiger partial charge on any atom is 0.139 e. The second-order valence-corrected chi connectivity index (χ2v) is 7.55. The summed E-state index contributed by atoms with van der Waals surface area (Å²) in [6.07, 6.45) is 3.53. The van der Waals surface area contributed by atoms with Crippen LogP contribution in [0.2, 0.25) is 0 Å². The van der Waals surface area contributed by atoms with E-state index in [-0.39, 0.29) is 11.7 Å². The fourth-order valence-electron chi connectivity index (χ4n) is 3.37. The number of fused-ring (bicyclic) bond motifs is 1. The minimum absolute atomic E-state index is 0.0129. The Morgan fingerprint density at radius 3 is 2.54 bits per heavy atom. The van der Waals surface area contributed by atoms with Gasteiger partial charge in [-0.1, -0.05) is 71.8 Å². The Hall–Kier alpha value is -2.67. The summed E-state index contributed by atoms with van der Waals surface area (Å²) < 4.78 is 28.2. The summed E-state index contributed by atoms with van der Waals surface area (Å²) >= 11 is 3.27. The highest BCUT2D eigenvalue weighted by molar-refractivity contribution is 7.79. The number of pyridine rings is 1. The van der Waals surface area contributed by atoms with Gasteiger partial charge in [-0.05, 0) is 23.1 Å². The highest BCUT2D eigenvalue weighted by atomic mass is 32.2. The van der Waals surface area contributed by atoms with Crippen molar-refractivity contribution in [3.8, 4) is 5.75 Å². The molecule has 1 aliphatic rings. The fourth-order valence-corrected chi connectivity index (χ4v) is 4.12. The van der Waals surface area contributed by atoms with E-state index in [4.69, 9.17) is 17.0 Å². The number of hydrogen-bond donors (Lipinski definition) is 0. The predicted octanol–water partition coefficient (Wildman–Crippen LogP) is 4.50. The van der Waals surface area contributed by atoms with Gasteiger partial charge in [-0.3, -0.25) is 9.19 Å². The molecule has 0 saturated heterocycles. The molecule has 0 fully saturated rings. The zero-order valence-corrected chi connectivity index (χ0v) is 16.4. The van der Waals surface area contributed by atoms with E-state index in [0.717, 1.165) is 33.6 Å². The average Bonchev–Trinajstić information content (AvgIpc) is 2.73. The molecular weight excluding hydrogens is 390 g/mol. The summed E-state index contributed by atoms with van der Waals surface area (Å²) in [5.41, 5.74) is 4.47. The standard InChI is InChI=1S/C22H17NO3S2/c24-28(25)14-15-7-9-16(10-8-15)22-21(17-4-3-11-23-12-17)19(13-27)18-5-1-2-6-20(18)26-22/h1-13,19H,14H2,(H,24,25)/p-1. The van der Waals surface area contributed by atoms with E-state index in [1.807, 2.05) is 48.5 Å². The van der Waals surface area contributed by atoms with Crippen LogP contribution in [0.15, 0.2) is 73.1 Å². The van der Waals surface area contributed by atoms with Gasteiger partial charge in [0.2, 0.25) is 0 Å². The first-order valence-electron chi connectivity index (χ1n) is 8.69. The Labute approximate surface area is 171 Å². The molecule has 0 amide bonds. The average molecular weight is 407 g/mol. The molecule has 4 rings (SSSR count). The lowest BCUT2D eigenvalue weighted by Gasteiger charge is -2.29. The van der Waals surface area contributed by atoms with E-state index in [1.54, 1.807) is 29.9 Å². The summed E-state index contributed by atoms with van der Waals surface area (Å²) in [4.78, 5) is 4.25. The molecule has 0 spiro atoms. The number of aromatic nitrogens is 1. The van der Waals surface area contributed by atoms with Crippen LogP contribution in [0.5, 0.6) is 5.75 Å². The van der Waals surface area contributed by atoms with Crippen molar-refractivity contribution in [3.63, 3.8) is 0 Å². The van der Waals surface area contributed by atoms with Crippen molar-refractivity contribution in [2.75, 3.05) is 0 Å². The lowest BCUT2D eigenvalue weighted by molar-refractivity contribution is 0.500. The van der Waals surface area contributed by atoms with E-state index in [1.165, 1.54) is 0 Å². The van der Waals surface area contributed by atoms with Crippen molar-refractivity contribution in [3.05, 3.63) is 95.3 Å². The fraction of sp³-hybridized carbons (Fsp3) is 0.0909. The van der Waals surface area contributed by atoms with Crippen LogP contribution in [0.4, 0.5) is 0 Å². The highest BCUT2D eigenvalue weighted by Crippen LogP contribution is 2.45. The van der Waals surface area contributed by atoms with Crippen molar-refractivity contribution in [2.24, 2.45) is 0 Å². The van der Waals surface area contributed by atoms with Crippen LogP contribution >= 0.6 is 12.2 Å². The topological polar surface area (TPSA) is 62.2 Å². The van der Waals surface area contributed by atoms with Crippen molar-refractivity contribution in [2.45, 2.75) is 11.7 Å². The van der Waals surface area contributed by atoms with Crippen LogP contribution in [-0.4, -0.2) is 19.1 Å². The predicted molar refractivity (Wildman–Crippen MR) is 114 cm³/mol. The van der Waals surface area contributed by atoms with Gasteiger partial charge in [0.1, 0.15) is 11.5 Å². The molecule has 3 aromatic rings. The SMILES string of the molecule is O=S([O-])Cc1ccc(C2=C(c3cccnc3)C(C=S)c3ccccc3O2)cc1. The molecule has 1 aliphatic heterocycles. The van der Waals surface area contributed by atoms with Gasteiger partial charge in [0.25, 0.3) is 0 Å². The molecule has 2 heterocycles. The van der Waals surface area contributed by atoms with Crippen molar-refractivity contribution >= 4 is 40.0 Å². The summed E-state index contributed by atoms with van der Waals surface area (Å²) in [6.45, 7) is 0. The smallest absolute Gasteiger partial charge is 0.139 e. The number of nitrogens with zero attached hydrogens (tertiary/aromatic N) is 1. The molecular formula is C22H16NO3S2-. The monoisotopic (exact) mass is 406 g/mol. The van der Waals surface area contributed by atoms with Gasteiger partial charge in [-0.15, -0.1) is 0 Å².